The van der Waals surface area contributed by atoms with Gasteiger partial charge in [0.2, 0.25) is 0 Å². The Hall–Kier alpha value is -1.29. The van der Waals surface area contributed by atoms with Crippen molar-refractivity contribution in [2.75, 3.05) is 19.6 Å². The molecule has 4 nitrogen and oxygen atoms in total. The quantitative estimate of drug-likeness (QED) is 0.759. The molecule has 2 N–H and O–H groups in total. The SMILES string of the molecule is CCCNCCNC(=O)c1cc(C)n(C2CCCCC2)c1C. The Bertz CT molecular complexity index is 487. The predicted molar refractivity (Wildman–Crippen MR) is 91.5 cm³/mol. The van der Waals surface area contributed by atoms with Crippen molar-refractivity contribution in [2.24, 2.45) is 0 Å². The van der Waals surface area contributed by atoms with Crippen LogP contribution in [0.3, 0.4) is 0 Å². The minimum atomic E-state index is 0.0634. The van der Waals surface area contributed by atoms with E-state index in [1.807, 2.05) is 0 Å². The van der Waals surface area contributed by atoms with Crippen molar-refractivity contribution >= 4 is 5.91 Å². The standard InChI is InChI=1S/C18H31N3O/c1-4-10-19-11-12-20-18(22)17-13-14(2)21(15(17)3)16-8-6-5-7-9-16/h13,16,19H,4-12H2,1-3H3,(H,20,22). The second-order valence-corrected chi connectivity index (χ2v) is 6.45. The largest absolute Gasteiger partial charge is 0.351 e. The minimum Gasteiger partial charge on any atom is -0.351 e. The van der Waals surface area contributed by atoms with E-state index in [9.17, 15) is 4.79 Å². The first-order valence-corrected chi connectivity index (χ1v) is 8.82. The van der Waals surface area contributed by atoms with E-state index in [0.29, 0.717) is 12.6 Å². The topological polar surface area (TPSA) is 46.1 Å². The Balaban J connectivity index is 1.97. The molecule has 0 aliphatic heterocycles. The highest BCUT2D eigenvalue weighted by atomic mass is 16.1. The maximum atomic E-state index is 12.4. The summed E-state index contributed by atoms with van der Waals surface area (Å²) in [6, 6.07) is 2.64. The van der Waals surface area contributed by atoms with E-state index in [2.05, 4.69) is 42.0 Å². The number of nitrogens with zero attached hydrogens (tertiary/aromatic N) is 1. The predicted octanol–water partition coefficient (Wildman–Crippen LogP) is 3.34. The summed E-state index contributed by atoms with van der Waals surface area (Å²) in [6.07, 6.45) is 7.60. The van der Waals surface area contributed by atoms with Gasteiger partial charge in [0, 0.05) is 30.5 Å². The molecular formula is C18H31N3O. The van der Waals surface area contributed by atoms with Gasteiger partial charge in [0.15, 0.2) is 0 Å². The zero-order valence-corrected chi connectivity index (χ0v) is 14.4. The summed E-state index contributed by atoms with van der Waals surface area (Å²) in [4.78, 5) is 12.4. The smallest absolute Gasteiger partial charge is 0.253 e. The van der Waals surface area contributed by atoms with Gasteiger partial charge in [-0.15, -0.1) is 0 Å². The van der Waals surface area contributed by atoms with Gasteiger partial charge >= 0.3 is 0 Å². The monoisotopic (exact) mass is 305 g/mol. The molecule has 2 rings (SSSR count). The lowest BCUT2D eigenvalue weighted by Crippen LogP contribution is -2.32. The van der Waals surface area contributed by atoms with Gasteiger partial charge in [0.05, 0.1) is 5.56 Å². The molecule has 1 aromatic rings. The lowest BCUT2D eigenvalue weighted by atomic mass is 9.95. The molecule has 0 saturated heterocycles. The molecule has 1 fully saturated rings. The van der Waals surface area contributed by atoms with Gasteiger partial charge in [-0.05, 0) is 45.7 Å². The molecule has 0 bridgehead atoms. The third-order valence-electron chi connectivity index (χ3n) is 4.68. The van der Waals surface area contributed by atoms with Crippen LogP contribution >= 0.6 is 0 Å². The fourth-order valence-corrected chi connectivity index (χ4v) is 3.57. The van der Waals surface area contributed by atoms with Gasteiger partial charge in [0.25, 0.3) is 5.91 Å². The summed E-state index contributed by atoms with van der Waals surface area (Å²) in [5, 5.41) is 6.33. The lowest BCUT2D eigenvalue weighted by Gasteiger charge is -2.26. The number of carbonyl (C=O) groups excluding carboxylic acids is 1. The third-order valence-corrected chi connectivity index (χ3v) is 4.68. The molecule has 0 unspecified atom stereocenters. The normalized spacial score (nSPS) is 16.0. The Morgan fingerprint density at radius 3 is 2.59 bits per heavy atom. The van der Waals surface area contributed by atoms with Crippen LogP contribution < -0.4 is 10.6 Å². The molecule has 1 aliphatic rings. The summed E-state index contributed by atoms with van der Waals surface area (Å²) < 4.78 is 2.39. The van der Waals surface area contributed by atoms with Gasteiger partial charge in [-0.3, -0.25) is 4.79 Å². The highest BCUT2D eigenvalue weighted by molar-refractivity contribution is 5.95. The summed E-state index contributed by atoms with van der Waals surface area (Å²) in [6.45, 7) is 8.89. The zero-order valence-electron chi connectivity index (χ0n) is 14.4. The van der Waals surface area contributed by atoms with Crippen LogP contribution in [-0.4, -0.2) is 30.1 Å². The molecule has 0 radical (unpaired) electrons. The summed E-state index contributed by atoms with van der Waals surface area (Å²) in [5.74, 6) is 0.0634. The van der Waals surface area contributed by atoms with E-state index in [-0.39, 0.29) is 5.91 Å². The average Bonchev–Trinajstić information content (AvgIpc) is 2.82. The number of nitrogens with one attached hydrogen (secondary N) is 2. The van der Waals surface area contributed by atoms with Crippen molar-refractivity contribution in [3.8, 4) is 0 Å². The second kappa shape index (κ2) is 8.37. The van der Waals surface area contributed by atoms with Crippen LogP contribution in [-0.2, 0) is 0 Å². The van der Waals surface area contributed by atoms with Gasteiger partial charge in [-0.25, -0.2) is 0 Å². The molecule has 0 aromatic carbocycles. The van der Waals surface area contributed by atoms with E-state index in [1.54, 1.807) is 0 Å². The van der Waals surface area contributed by atoms with E-state index < -0.39 is 0 Å². The first-order valence-electron chi connectivity index (χ1n) is 8.82. The molecular weight excluding hydrogens is 274 g/mol. The summed E-state index contributed by atoms with van der Waals surface area (Å²) >= 11 is 0. The number of rotatable bonds is 7. The fourth-order valence-electron chi connectivity index (χ4n) is 3.57. The number of aromatic nitrogens is 1. The highest BCUT2D eigenvalue weighted by Crippen LogP contribution is 2.32. The van der Waals surface area contributed by atoms with Crippen molar-refractivity contribution in [2.45, 2.75) is 65.3 Å². The highest BCUT2D eigenvalue weighted by Gasteiger charge is 2.22. The average molecular weight is 305 g/mol. The molecule has 124 valence electrons. The van der Waals surface area contributed by atoms with E-state index in [1.165, 1.54) is 37.8 Å². The lowest BCUT2D eigenvalue weighted by molar-refractivity contribution is 0.0953. The van der Waals surface area contributed by atoms with Crippen molar-refractivity contribution in [3.63, 3.8) is 0 Å². The molecule has 0 spiro atoms. The molecule has 1 aliphatic carbocycles. The van der Waals surface area contributed by atoms with Gasteiger partial charge in [-0.1, -0.05) is 26.2 Å². The maximum absolute atomic E-state index is 12.4. The molecule has 0 atom stereocenters. The fraction of sp³-hybridized carbons (Fsp3) is 0.722. The number of aryl methyl sites for hydroxylation is 1. The molecule has 1 amide bonds. The third kappa shape index (κ3) is 4.13. The first kappa shape index (κ1) is 17.1. The van der Waals surface area contributed by atoms with Crippen LogP contribution in [0, 0.1) is 13.8 Å². The van der Waals surface area contributed by atoms with Crippen LogP contribution in [0.25, 0.3) is 0 Å². The second-order valence-electron chi connectivity index (χ2n) is 6.45. The maximum Gasteiger partial charge on any atom is 0.253 e. The van der Waals surface area contributed by atoms with Gasteiger partial charge in [-0.2, -0.15) is 0 Å². The molecule has 1 saturated carbocycles. The molecule has 4 heteroatoms. The summed E-state index contributed by atoms with van der Waals surface area (Å²) in [5.41, 5.74) is 3.20. The number of amides is 1. The van der Waals surface area contributed by atoms with Crippen LogP contribution in [0.2, 0.25) is 0 Å². The summed E-state index contributed by atoms with van der Waals surface area (Å²) in [7, 11) is 0. The van der Waals surface area contributed by atoms with Crippen LogP contribution in [0.1, 0.15) is 73.2 Å². The van der Waals surface area contributed by atoms with Crippen LogP contribution in [0.4, 0.5) is 0 Å². The van der Waals surface area contributed by atoms with Crippen molar-refractivity contribution in [1.29, 1.82) is 0 Å². The number of carbonyl (C=O) groups is 1. The molecule has 1 heterocycles. The Morgan fingerprint density at radius 1 is 1.18 bits per heavy atom. The zero-order chi connectivity index (χ0) is 15.9. The van der Waals surface area contributed by atoms with Crippen LogP contribution in [0.15, 0.2) is 6.07 Å². The van der Waals surface area contributed by atoms with E-state index in [4.69, 9.17) is 0 Å². The van der Waals surface area contributed by atoms with E-state index >= 15 is 0 Å². The van der Waals surface area contributed by atoms with Crippen molar-refractivity contribution in [1.82, 2.24) is 15.2 Å². The Morgan fingerprint density at radius 2 is 1.91 bits per heavy atom. The van der Waals surface area contributed by atoms with Gasteiger partial charge in [0.1, 0.15) is 0 Å². The Labute approximate surface area is 134 Å². The number of hydrogen-bond acceptors (Lipinski definition) is 2. The Kier molecular flexibility index (Phi) is 6.49. The molecule has 1 aromatic heterocycles. The van der Waals surface area contributed by atoms with Crippen molar-refractivity contribution in [3.05, 3.63) is 23.0 Å². The minimum absolute atomic E-state index is 0.0634. The van der Waals surface area contributed by atoms with Crippen molar-refractivity contribution < 1.29 is 4.79 Å². The van der Waals surface area contributed by atoms with Gasteiger partial charge < -0.3 is 15.2 Å². The van der Waals surface area contributed by atoms with Crippen LogP contribution in [0.5, 0.6) is 0 Å². The first-order chi connectivity index (χ1) is 10.6. The number of hydrogen-bond donors (Lipinski definition) is 2. The van der Waals surface area contributed by atoms with E-state index in [0.717, 1.165) is 30.8 Å². The molecule has 22 heavy (non-hydrogen) atoms.